The molecule has 0 fully saturated rings. The number of methoxy groups -OCH3 is 1. The lowest BCUT2D eigenvalue weighted by Gasteiger charge is -2.14. The van der Waals surface area contributed by atoms with Crippen molar-refractivity contribution in [2.45, 2.75) is 13.5 Å². The number of nitrogens with zero attached hydrogens (tertiary/aromatic N) is 3. The van der Waals surface area contributed by atoms with Crippen molar-refractivity contribution in [3.05, 3.63) is 96.0 Å². The zero-order chi connectivity index (χ0) is 23.9. The standard InChI is InChI=1S/C26H25N5O3/c1-17-21(26(32)30-16-19-9-10-25(33-3)29-15-19)6-4-8-23(17)34-20-11-13-28-24(14-20)31-18(2)22-7-5-12-27-22/h4-11,13-15H,2,12,16H2,1,3H3,(H,28,31)(H,30,32). The SMILES string of the molecule is C=C(Nc1cc(Oc2cccc(C(=O)NCc3ccc(OC)nc3)c2C)ccn1)C1=NCC=C1. The van der Waals surface area contributed by atoms with Crippen molar-refractivity contribution in [3.8, 4) is 17.4 Å². The largest absolute Gasteiger partial charge is 0.481 e. The first kappa shape index (κ1) is 22.7. The van der Waals surface area contributed by atoms with Crippen LogP contribution in [-0.4, -0.2) is 35.2 Å². The van der Waals surface area contributed by atoms with Crippen molar-refractivity contribution in [1.29, 1.82) is 0 Å². The summed E-state index contributed by atoms with van der Waals surface area (Å²) in [5.41, 5.74) is 3.60. The van der Waals surface area contributed by atoms with Crippen LogP contribution in [0.15, 0.2) is 84.3 Å². The van der Waals surface area contributed by atoms with Gasteiger partial charge in [0.15, 0.2) is 0 Å². The number of rotatable bonds is 9. The Labute approximate surface area is 198 Å². The number of ether oxygens (including phenoxy) is 2. The Hall–Kier alpha value is -4.46. The Bertz CT molecular complexity index is 1270. The fraction of sp³-hybridized carbons (Fsp3) is 0.154. The van der Waals surface area contributed by atoms with Crippen molar-refractivity contribution in [1.82, 2.24) is 15.3 Å². The van der Waals surface area contributed by atoms with Crippen LogP contribution in [0.2, 0.25) is 0 Å². The molecule has 0 spiro atoms. The van der Waals surface area contributed by atoms with Gasteiger partial charge in [0.2, 0.25) is 5.88 Å². The summed E-state index contributed by atoms with van der Waals surface area (Å²) in [6, 6.07) is 12.5. The van der Waals surface area contributed by atoms with Gasteiger partial charge in [-0.05, 0) is 36.8 Å². The maximum atomic E-state index is 12.8. The summed E-state index contributed by atoms with van der Waals surface area (Å²) < 4.78 is 11.1. The average Bonchev–Trinajstić information content (AvgIpc) is 3.40. The van der Waals surface area contributed by atoms with Gasteiger partial charge in [0, 0.05) is 42.2 Å². The zero-order valence-corrected chi connectivity index (χ0v) is 19.0. The first-order valence-corrected chi connectivity index (χ1v) is 10.7. The van der Waals surface area contributed by atoms with Crippen LogP contribution < -0.4 is 20.1 Å². The summed E-state index contributed by atoms with van der Waals surface area (Å²) in [6.07, 6.45) is 7.20. The van der Waals surface area contributed by atoms with Crippen LogP contribution in [0.1, 0.15) is 21.5 Å². The Kier molecular flexibility index (Phi) is 6.98. The molecule has 0 bridgehead atoms. The minimum Gasteiger partial charge on any atom is -0.481 e. The molecule has 0 atom stereocenters. The van der Waals surface area contributed by atoms with E-state index in [9.17, 15) is 4.79 Å². The third-order valence-corrected chi connectivity index (χ3v) is 5.18. The Balaban J connectivity index is 1.42. The number of aromatic nitrogens is 2. The molecule has 1 aromatic carbocycles. The van der Waals surface area contributed by atoms with E-state index < -0.39 is 0 Å². The Morgan fingerprint density at radius 2 is 2.06 bits per heavy atom. The Morgan fingerprint density at radius 3 is 2.79 bits per heavy atom. The number of carbonyl (C=O) groups excluding carboxylic acids is 1. The molecule has 0 aliphatic carbocycles. The van der Waals surface area contributed by atoms with E-state index in [0.29, 0.717) is 47.5 Å². The predicted molar refractivity (Wildman–Crippen MR) is 132 cm³/mol. The molecule has 0 radical (unpaired) electrons. The lowest BCUT2D eigenvalue weighted by atomic mass is 10.1. The van der Waals surface area contributed by atoms with Gasteiger partial charge in [-0.25, -0.2) is 9.97 Å². The van der Waals surface area contributed by atoms with Crippen LogP contribution in [0, 0.1) is 6.92 Å². The predicted octanol–water partition coefficient (Wildman–Crippen LogP) is 4.45. The Morgan fingerprint density at radius 1 is 1.18 bits per heavy atom. The molecule has 8 nitrogen and oxygen atoms in total. The summed E-state index contributed by atoms with van der Waals surface area (Å²) in [4.78, 5) is 25.6. The topological polar surface area (TPSA) is 97.7 Å². The van der Waals surface area contributed by atoms with Crippen molar-refractivity contribution in [3.63, 3.8) is 0 Å². The van der Waals surface area contributed by atoms with Gasteiger partial charge in [-0.3, -0.25) is 9.79 Å². The van der Waals surface area contributed by atoms with E-state index in [4.69, 9.17) is 9.47 Å². The van der Waals surface area contributed by atoms with E-state index in [1.807, 2.05) is 31.2 Å². The quantitative estimate of drug-likeness (QED) is 0.495. The highest BCUT2D eigenvalue weighted by Crippen LogP contribution is 2.28. The molecule has 3 heterocycles. The van der Waals surface area contributed by atoms with Crippen molar-refractivity contribution < 1.29 is 14.3 Å². The van der Waals surface area contributed by atoms with Crippen LogP contribution in [-0.2, 0) is 6.54 Å². The molecule has 1 aliphatic rings. The van der Waals surface area contributed by atoms with Gasteiger partial charge in [-0.1, -0.05) is 24.8 Å². The van der Waals surface area contributed by atoms with Gasteiger partial charge in [-0.2, -0.15) is 0 Å². The van der Waals surface area contributed by atoms with Crippen LogP contribution in [0.4, 0.5) is 5.82 Å². The number of allylic oxidation sites excluding steroid dienone is 1. The van der Waals surface area contributed by atoms with Crippen molar-refractivity contribution in [2.24, 2.45) is 4.99 Å². The number of benzene rings is 1. The number of hydrogen-bond acceptors (Lipinski definition) is 7. The first-order valence-electron chi connectivity index (χ1n) is 10.7. The van der Waals surface area contributed by atoms with Crippen LogP contribution in [0.3, 0.4) is 0 Å². The summed E-state index contributed by atoms with van der Waals surface area (Å²) in [6.45, 7) is 6.87. The van der Waals surface area contributed by atoms with E-state index in [2.05, 4.69) is 32.2 Å². The van der Waals surface area contributed by atoms with Crippen molar-refractivity contribution in [2.75, 3.05) is 19.0 Å². The minimum absolute atomic E-state index is 0.197. The molecule has 8 heteroatoms. The summed E-state index contributed by atoms with van der Waals surface area (Å²) in [7, 11) is 1.56. The molecule has 1 amide bonds. The molecule has 3 aromatic rings. The number of amides is 1. The van der Waals surface area contributed by atoms with Gasteiger partial charge in [0.1, 0.15) is 17.3 Å². The fourth-order valence-corrected chi connectivity index (χ4v) is 3.34. The lowest BCUT2D eigenvalue weighted by molar-refractivity contribution is 0.0950. The zero-order valence-electron chi connectivity index (χ0n) is 19.0. The van der Waals surface area contributed by atoms with Crippen LogP contribution in [0.5, 0.6) is 17.4 Å². The molecular formula is C26H25N5O3. The minimum atomic E-state index is -0.197. The molecule has 34 heavy (non-hydrogen) atoms. The number of carbonyl (C=O) groups is 1. The van der Waals surface area contributed by atoms with Gasteiger partial charge < -0.3 is 20.1 Å². The molecule has 172 valence electrons. The van der Waals surface area contributed by atoms with Gasteiger partial charge in [0.25, 0.3) is 5.91 Å². The monoisotopic (exact) mass is 455 g/mol. The molecule has 2 aromatic heterocycles. The average molecular weight is 456 g/mol. The van der Waals surface area contributed by atoms with E-state index in [1.54, 1.807) is 49.8 Å². The van der Waals surface area contributed by atoms with Crippen LogP contribution >= 0.6 is 0 Å². The smallest absolute Gasteiger partial charge is 0.251 e. The molecule has 2 N–H and O–H groups in total. The van der Waals surface area contributed by atoms with E-state index in [1.165, 1.54) is 0 Å². The highest BCUT2D eigenvalue weighted by atomic mass is 16.5. The summed E-state index contributed by atoms with van der Waals surface area (Å²) in [5, 5.41) is 6.07. The molecule has 0 saturated heterocycles. The summed E-state index contributed by atoms with van der Waals surface area (Å²) in [5.74, 6) is 2.08. The van der Waals surface area contributed by atoms with Crippen LogP contribution in [0.25, 0.3) is 0 Å². The maximum Gasteiger partial charge on any atom is 0.251 e. The number of hydrogen-bond donors (Lipinski definition) is 2. The third kappa shape index (κ3) is 5.47. The van der Waals surface area contributed by atoms with E-state index in [-0.39, 0.29) is 5.91 Å². The normalized spacial score (nSPS) is 12.1. The number of pyridine rings is 2. The van der Waals surface area contributed by atoms with E-state index >= 15 is 0 Å². The fourth-order valence-electron chi connectivity index (χ4n) is 3.34. The van der Waals surface area contributed by atoms with Gasteiger partial charge in [-0.15, -0.1) is 0 Å². The van der Waals surface area contributed by atoms with Gasteiger partial charge in [0.05, 0.1) is 25.1 Å². The third-order valence-electron chi connectivity index (χ3n) is 5.18. The maximum absolute atomic E-state index is 12.8. The van der Waals surface area contributed by atoms with Gasteiger partial charge >= 0.3 is 0 Å². The number of anilines is 1. The second-order valence-electron chi connectivity index (χ2n) is 7.53. The van der Waals surface area contributed by atoms with Crippen molar-refractivity contribution >= 4 is 17.4 Å². The highest BCUT2D eigenvalue weighted by Gasteiger charge is 2.14. The summed E-state index contributed by atoms with van der Waals surface area (Å²) >= 11 is 0. The highest BCUT2D eigenvalue weighted by molar-refractivity contribution is 6.10. The number of nitrogens with one attached hydrogen (secondary N) is 2. The first-order chi connectivity index (χ1) is 16.5. The molecule has 0 unspecified atom stereocenters. The number of aliphatic imine (C=N–C) groups is 1. The lowest BCUT2D eigenvalue weighted by Crippen LogP contribution is -2.23. The van der Waals surface area contributed by atoms with E-state index in [0.717, 1.165) is 16.8 Å². The molecule has 4 rings (SSSR count). The second-order valence-corrected chi connectivity index (χ2v) is 7.53. The molecule has 1 aliphatic heterocycles. The molecular weight excluding hydrogens is 430 g/mol. The molecule has 0 saturated carbocycles. The second kappa shape index (κ2) is 10.4.